The summed E-state index contributed by atoms with van der Waals surface area (Å²) in [4.78, 5) is 26.1. The first-order chi connectivity index (χ1) is 12.9. The van der Waals surface area contributed by atoms with Crippen LogP contribution in [0.1, 0.15) is 19.4 Å². The molecule has 1 atom stereocenters. The summed E-state index contributed by atoms with van der Waals surface area (Å²) < 4.78 is 32.3. The second-order valence-electron chi connectivity index (χ2n) is 5.93. The van der Waals surface area contributed by atoms with Gasteiger partial charge in [0.1, 0.15) is 23.4 Å². The Morgan fingerprint density at radius 1 is 1.11 bits per heavy atom. The van der Waals surface area contributed by atoms with Gasteiger partial charge in [-0.05, 0) is 44.2 Å². The summed E-state index contributed by atoms with van der Waals surface area (Å²) in [5.74, 6) is -1.39. The number of amides is 2. The van der Waals surface area contributed by atoms with Gasteiger partial charge in [-0.25, -0.2) is 8.78 Å². The lowest BCUT2D eigenvalue weighted by molar-refractivity contribution is -0.142. The molecule has 0 saturated carbocycles. The predicted molar refractivity (Wildman–Crippen MR) is 97.0 cm³/mol. The van der Waals surface area contributed by atoms with Crippen LogP contribution in [0.2, 0.25) is 0 Å². The van der Waals surface area contributed by atoms with Crippen LogP contribution in [0.15, 0.2) is 48.5 Å². The van der Waals surface area contributed by atoms with E-state index < -0.39 is 23.6 Å². The van der Waals surface area contributed by atoms with Gasteiger partial charge in [0, 0.05) is 18.7 Å². The zero-order valence-corrected chi connectivity index (χ0v) is 15.2. The van der Waals surface area contributed by atoms with Gasteiger partial charge in [-0.3, -0.25) is 9.59 Å². The van der Waals surface area contributed by atoms with Crippen molar-refractivity contribution in [1.82, 2.24) is 10.2 Å². The van der Waals surface area contributed by atoms with E-state index in [0.717, 1.165) is 0 Å². The van der Waals surface area contributed by atoms with E-state index in [2.05, 4.69) is 5.32 Å². The van der Waals surface area contributed by atoms with Crippen molar-refractivity contribution in [3.8, 4) is 5.75 Å². The Kier molecular flexibility index (Phi) is 7.28. The van der Waals surface area contributed by atoms with Crippen molar-refractivity contribution < 1.29 is 23.1 Å². The van der Waals surface area contributed by atoms with Gasteiger partial charge in [-0.2, -0.15) is 0 Å². The van der Waals surface area contributed by atoms with Crippen LogP contribution in [-0.4, -0.2) is 35.9 Å². The van der Waals surface area contributed by atoms with Crippen molar-refractivity contribution in [2.24, 2.45) is 0 Å². The van der Waals surface area contributed by atoms with E-state index in [4.69, 9.17) is 4.74 Å². The van der Waals surface area contributed by atoms with Crippen LogP contribution in [-0.2, 0) is 16.1 Å². The topological polar surface area (TPSA) is 58.6 Å². The summed E-state index contributed by atoms with van der Waals surface area (Å²) in [5, 5.41) is 2.65. The standard InChI is InChI=1S/C20H22F2N2O3/c1-3-23-20(26)14(2)24(12-15-6-4-5-7-18(15)22)19(25)13-27-17-10-8-16(21)9-11-17/h4-11,14H,3,12-13H2,1-2H3,(H,23,26)/t14-/m1/s1. The van der Waals surface area contributed by atoms with Crippen LogP contribution in [0.5, 0.6) is 5.75 Å². The molecule has 7 heteroatoms. The van der Waals surface area contributed by atoms with E-state index >= 15 is 0 Å². The molecule has 0 fully saturated rings. The van der Waals surface area contributed by atoms with E-state index in [-0.39, 0.29) is 19.1 Å². The second-order valence-corrected chi connectivity index (χ2v) is 5.93. The maximum absolute atomic E-state index is 14.0. The minimum absolute atomic E-state index is 0.0728. The molecule has 0 aliphatic rings. The van der Waals surface area contributed by atoms with Crippen molar-refractivity contribution in [3.63, 3.8) is 0 Å². The average molecular weight is 376 g/mol. The van der Waals surface area contributed by atoms with Crippen molar-refractivity contribution >= 4 is 11.8 Å². The molecule has 2 amide bonds. The third-order valence-electron chi connectivity index (χ3n) is 3.99. The molecule has 0 aliphatic carbocycles. The number of likely N-dealkylation sites (N-methyl/N-ethyl adjacent to an activating group) is 1. The highest BCUT2D eigenvalue weighted by atomic mass is 19.1. The normalized spacial score (nSPS) is 11.6. The first kappa shape index (κ1) is 20.4. The maximum atomic E-state index is 14.0. The van der Waals surface area contributed by atoms with E-state index in [1.54, 1.807) is 32.0 Å². The lowest BCUT2D eigenvalue weighted by Crippen LogP contribution is -2.49. The first-order valence-electron chi connectivity index (χ1n) is 8.61. The summed E-state index contributed by atoms with van der Waals surface area (Å²) >= 11 is 0. The van der Waals surface area contributed by atoms with E-state index in [1.807, 2.05) is 0 Å². The fourth-order valence-corrected chi connectivity index (χ4v) is 2.47. The van der Waals surface area contributed by atoms with Gasteiger partial charge in [0.05, 0.1) is 0 Å². The number of hydrogen-bond donors (Lipinski definition) is 1. The summed E-state index contributed by atoms with van der Waals surface area (Å²) in [6.07, 6.45) is 0. The molecule has 5 nitrogen and oxygen atoms in total. The number of nitrogens with one attached hydrogen (secondary N) is 1. The lowest BCUT2D eigenvalue weighted by Gasteiger charge is -2.28. The number of nitrogens with zero attached hydrogens (tertiary/aromatic N) is 1. The van der Waals surface area contributed by atoms with Crippen molar-refractivity contribution in [2.75, 3.05) is 13.2 Å². The molecule has 144 valence electrons. The Morgan fingerprint density at radius 3 is 2.41 bits per heavy atom. The van der Waals surface area contributed by atoms with Crippen LogP contribution in [0.4, 0.5) is 8.78 Å². The third kappa shape index (κ3) is 5.77. The Balaban J connectivity index is 2.14. The number of carbonyl (C=O) groups excluding carboxylic acids is 2. The fraction of sp³-hybridized carbons (Fsp3) is 0.300. The number of ether oxygens (including phenoxy) is 1. The highest BCUT2D eigenvalue weighted by Gasteiger charge is 2.26. The maximum Gasteiger partial charge on any atom is 0.261 e. The molecule has 0 saturated heterocycles. The largest absolute Gasteiger partial charge is 0.484 e. The van der Waals surface area contributed by atoms with Crippen LogP contribution >= 0.6 is 0 Å². The molecule has 1 N–H and O–H groups in total. The first-order valence-corrected chi connectivity index (χ1v) is 8.61. The number of carbonyl (C=O) groups is 2. The number of halogens is 2. The van der Waals surface area contributed by atoms with Gasteiger partial charge in [-0.15, -0.1) is 0 Å². The van der Waals surface area contributed by atoms with E-state index in [1.165, 1.54) is 35.2 Å². The van der Waals surface area contributed by atoms with Crippen LogP contribution in [0.3, 0.4) is 0 Å². The summed E-state index contributed by atoms with van der Waals surface area (Å²) in [5.41, 5.74) is 0.295. The molecule has 0 unspecified atom stereocenters. The Bertz CT molecular complexity index is 781. The number of rotatable bonds is 8. The summed E-state index contributed by atoms with van der Waals surface area (Å²) in [7, 11) is 0. The molecule has 0 spiro atoms. The SMILES string of the molecule is CCNC(=O)[C@@H](C)N(Cc1ccccc1F)C(=O)COc1ccc(F)cc1. The molecule has 2 rings (SSSR count). The zero-order valence-electron chi connectivity index (χ0n) is 15.2. The molecule has 0 radical (unpaired) electrons. The molecule has 0 aromatic heterocycles. The summed E-state index contributed by atoms with van der Waals surface area (Å²) in [6.45, 7) is 3.32. The monoisotopic (exact) mass is 376 g/mol. The molecular weight excluding hydrogens is 354 g/mol. The van der Waals surface area contributed by atoms with Gasteiger partial charge >= 0.3 is 0 Å². The third-order valence-corrected chi connectivity index (χ3v) is 3.99. The highest BCUT2D eigenvalue weighted by molar-refractivity contribution is 5.87. The van der Waals surface area contributed by atoms with Crippen molar-refractivity contribution in [1.29, 1.82) is 0 Å². The zero-order chi connectivity index (χ0) is 19.8. The Hall–Kier alpha value is -2.96. The fourth-order valence-electron chi connectivity index (χ4n) is 2.47. The average Bonchev–Trinajstić information content (AvgIpc) is 2.66. The van der Waals surface area contributed by atoms with Crippen LogP contribution in [0, 0.1) is 11.6 Å². The minimum atomic E-state index is -0.811. The number of hydrogen-bond acceptors (Lipinski definition) is 3. The minimum Gasteiger partial charge on any atom is -0.484 e. The molecule has 2 aromatic rings. The van der Waals surface area contributed by atoms with Gasteiger partial charge in [0.15, 0.2) is 6.61 Å². The smallest absolute Gasteiger partial charge is 0.261 e. The highest BCUT2D eigenvalue weighted by Crippen LogP contribution is 2.15. The molecule has 0 heterocycles. The predicted octanol–water partition coefficient (Wildman–Crippen LogP) is 2.90. The van der Waals surface area contributed by atoms with Gasteiger partial charge in [0.2, 0.25) is 5.91 Å². The quantitative estimate of drug-likeness (QED) is 0.771. The van der Waals surface area contributed by atoms with Gasteiger partial charge in [-0.1, -0.05) is 18.2 Å². The van der Waals surface area contributed by atoms with Crippen LogP contribution < -0.4 is 10.1 Å². The van der Waals surface area contributed by atoms with Crippen molar-refractivity contribution in [3.05, 3.63) is 65.7 Å². The second kappa shape index (κ2) is 9.66. The molecule has 2 aromatic carbocycles. The summed E-state index contributed by atoms with van der Waals surface area (Å²) in [6, 6.07) is 10.5. The molecule has 0 aliphatic heterocycles. The van der Waals surface area contributed by atoms with E-state index in [9.17, 15) is 18.4 Å². The Labute approximate surface area is 156 Å². The molecule has 0 bridgehead atoms. The Morgan fingerprint density at radius 2 is 1.78 bits per heavy atom. The van der Waals surface area contributed by atoms with Gasteiger partial charge < -0.3 is 15.0 Å². The molecule has 27 heavy (non-hydrogen) atoms. The van der Waals surface area contributed by atoms with E-state index in [0.29, 0.717) is 17.9 Å². The molecular formula is C20H22F2N2O3. The van der Waals surface area contributed by atoms with Crippen molar-refractivity contribution in [2.45, 2.75) is 26.4 Å². The van der Waals surface area contributed by atoms with Gasteiger partial charge in [0.25, 0.3) is 5.91 Å². The van der Waals surface area contributed by atoms with Crippen LogP contribution in [0.25, 0.3) is 0 Å². The lowest BCUT2D eigenvalue weighted by atomic mass is 10.1. The number of benzene rings is 2.